The zero-order chi connectivity index (χ0) is 25.1. The third-order valence-corrected chi connectivity index (χ3v) is 5.76. The van der Waals surface area contributed by atoms with E-state index >= 15 is 0 Å². The number of nitrogens with one attached hydrogen (secondary N) is 1. The summed E-state index contributed by atoms with van der Waals surface area (Å²) >= 11 is 0. The van der Waals surface area contributed by atoms with Gasteiger partial charge >= 0.3 is 11.7 Å². The summed E-state index contributed by atoms with van der Waals surface area (Å²) in [5, 5.41) is 13.2. The van der Waals surface area contributed by atoms with E-state index in [1.807, 2.05) is 42.5 Å². The molecule has 1 amide bonds. The van der Waals surface area contributed by atoms with Gasteiger partial charge in [0.1, 0.15) is 11.8 Å². The van der Waals surface area contributed by atoms with Crippen LogP contribution in [0.15, 0.2) is 88.9 Å². The van der Waals surface area contributed by atoms with Crippen molar-refractivity contribution in [3.8, 4) is 0 Å². The zero-order valence-electron chi connectivity index (χ0n) is 19.6. The third-order valence-electron chi connectivity index (χ3n) is 5.76. The van der Waals surface area contributed by atoms with Gasteiger partial charge < -0.3 is 10.1 Å². The second kappa shape index (κ2) is 9.87. The van der Waals surface area contributed by atoms with Gasteiger partial charge in [0.25, 0.3) is 0 Å². The number of aromatic nitrogens is 3. The van der Waals surface area contributed by atoms with E-state index in [0.29, 0.717) is 17.0 Å². The minimum Gasteiger partial charge on any atom is -0.461 e. The molecule has 0 saturated carbocycles. The molecule has 0 saturated heterocycles. The van der Waals surface area contributed by atoms with Gasteiger partial charge in [-0.1, -0.05) is 36.4 Å². The molecule has 1 atom stereocenters. The number of hydrogen-bond donors (Lipinski definition) is 1. The number of esters is 1. The van der Waals surface area contributed by atoms with Crippen LogP contribution >= 0.6 is 0 Å². The van der Waals surface area contributed by atoms with E-state index in [0.717, 1.165) is 5.56 Å². The first-order valence-corrected chi connectivity index (χ1v) is 11.6. The van der Waals surface area contributed by atoms with Crippen LogP contribution in [-0.4, -0.2) is 44.4 Å². The maximum atomic E-state index is 13.3. The van der Waals surface area contributed by atoms with E-state index in [9.17, 15) is 14.4 Å². The Morgan fingerprint density at radius 3 is 2.64 bits per heavy atom. The monoisotopic (exact) mass is 484 g/mol. The van der Waals surface area contributed by atoms with Crippen LogP contribution in [-0.2, 0) is 20.9 Å². The number of hydrogen-bond acceptors (Lipinski definition) is 7. The molecule has 2 aromatic carbocycles. The zero-order valence-corrected chi connectivity index (χ0v) is 19.6. The number of pyridine rings is 1. The lowest BCUT2D eigenvalue weighted by Gasteiger charge is -2.22. The van der Waals surface area contributed by atoms with Crippen molar-refractivity contribution in [3.63, 3.8) is 0 Å². The molecule has 0 fully saturated rings. The lowest BCUT2D eigenvalue weighted by atomic mass is 10.1. The second-order valence-corrected chi connectivity index (χ2v) is 8.23. The predicted octanol–water partition coefficient (Wildman–Crippen LogP) is 2.68. The van der Waals surface area contributed by atoms with Gasteiger partial charge in [-0.05, 0) is 48.9 Å². The number of hydrazone groups is 1. The molecule has 0 bridgehead atoms. The second-order valence-electron chi connectivity index (χ2n) is 8.23. The quantitative estimate of drug-likeness (QED) is 0.404. The molecule has 0 spiro atoms. The third kappa shape index (κ3) is 4.61. The summed E-state index contributed by atoms with van der Waals surface area (Å²) < 4.78 is 7.95. The standard InChI is InChI=1S/C26H24N6O4/c1-2-36-25(34)21-16-22(32(28-21)20-11-4-3-5-12-20)24(33)27-19-10-8-9-18(15-19)17-31-26(35)30-14-7-6-13-23(30)29-31/h3-15,22H,2,16-17H2,1H3,(H,27,33). The van der Waals surface area contributed by atoms with Gasteiger partial charge in [-0.2, -0.15) is 5.10 Å². The van der Waals surface area contributed by atoms with Crippen LogP contribution < -0.4 is 16.0 Å². The lowest BCUT2D eigenvalue weighted by molar-refractivity contribution is -0.135. The van der Waals surface area contributed by atoms with Crippen molar-refractivity contribution in [2.45, 2.75) is 25.9 Å². The minimum atomic E-state index is -0.725. The maximum absolute atomic E-state index is 13.3. The molecule has 1 aliphatic heterocycles. The van der Waals surface area contributed by atoms with Gasteiger partial charge in [0.15, 0.2) is 5.65 Å². The maximum Gasteiger partial charge on any atom is 0.354 e. The molecular weight excluding hydrogens is 460 g/mol. The average molecular weight is 485 g/mol. The van der Waals surface area contributed by atoms with Crippen LogP contribution in [0.5, 0.6) is 0 Å². The molecule has 10 heteroatoms. The van der Waals surface area contributed by atoms with E-state index in [4.69, 9.17) is 4.74 Å². The fourth-order valence-electron chi connectivity index (χ4n) is 4.09. The van der Waals surface area contributed by atoms with Crippen LogP contribution in [0.4, 0.5) is 11.4 Å². The van der Waals surface area contributed by atoms with Crippen molar-refractivity contribution < 1.29 is 14.3 Å². The van der Waals surface area contributed by atoms with Crippen LogP contribution in [0, 0.1) is 0 Å². The molecule has 182 valence electrons. The molecule has 1 unspecified atom stereocenters. The first-order valence-electron chi connectivity index (χ1n) is 11.6. The summed E-state index contributed by atoms with van der Waals surface area (Å²) in [5.41, 5.74) is 2.57. The topological polar surface area (TPSA) is 110 Å². The van der Waals surface area contributed by atoms with Gasteiger partial charge in [0, 0.05) is 18.3 Å². The Labute approximate surface area is 206 Å². The van der Waals surface area contributed by atoms with E-state index in [1.54, 1.807) is 48.5 Å². The Morgan fingerprint density at radius 1 is 1.06 bits per heavy atom. The van der Waals surface area contributed by atoms with E-state index < -0.39 is 12.0 Å². The Bertz CT molecular complexity index is 1510. The molecule has 1 N–H and O–H groups in total. The van der Waals surface area contributed by atoms with E-state index in [1.165, 1.54) is 9.08 Å². The van der Waals surface area contributed by atoms with Gasteiger partial charge in [-0.25, -0.2) is 14.3 Å². The summed E-state index contributed by atoms with van der Waals surface area (Å²) in [6.07, 6.45) is 1.79. The Kier molecular flexibility index (Phi) is 6.31. The Hall–Kier alpha value is -4.73. The number of ether oxygens (including phenoxy) is 1. The van der Waals surface area contributed by atoms with Crippen LogP contribution in [0.2, 0.25) is 0 Å². The number of anilines is 2. The van der Waals surface area contributed by atoms with Crippen LogP contribution in [0.1, 0.15) is 18.9 Å². The van der Waals surface area contributed by atoms with E-state index in [-0.39, 0.29) is 36.9 Å². The average Bonchev–Trinajstić information content (AvgIpc) is 3.47. The van der Waals surface area contributed by atoms with Crippen LogP contribution in [0.25, 0.3) is 5.65 Å². The van der Waals surface area contributed by atoms with Crippen molar-refractivity contribution in [2.75, 3.05) is 16.9 Å². The molecule has 0 aliphatic carbocycles. The highest BCUT2D eigenvalue weighted by Gasteiger charge is 2.36. The number of para-hydroxylation sites is 1. The highest BCUT2D eigenvalue weighted by molar-refractivity contribution is 6.38. The summed E-state index contributed by atoms with van der Waals surface area (Å²) in [4.78, 5) is 38.2. The lowest BCUT2D eigenvalue weighted by Crippen LogP contribution is -2.38. The Morgan fingerprint density at radius 2 is 1.86 bits per heavy atom. The van der Waals surface area contributed by atoms with Crippen molar-refractivity contribution in [1.82, 2.24) is 14.2 Å². The number of benzene rings is 2. The molecule has 5 rings (SSSR count). The predicted molar refractivity (Wildman–Crippen MR) is 135 cm³/mol. The largest absolute Gasteiger partial charge is 0.461 e. The molecular formula is C26H24N6O4. The van der Waals surface area contributed by atoms with Crippen molar-refractivity contribution in [1.29, 1.82) is 0 Å². The summed E-state index contributed by atoms with van der Waals surface area (Å²) in [5.74, 6) is -0.849. The normalized spacial score (nSPS) is 15.1. The molecule has 0 radical (unpaired) electrons. The van der Waals surface area contributed by atoms with Gasteiger partial charge in [-0.15, -0.1) is 5.10 Å². The molecule has 1 aliphatic rings. The fourth-order valence-corrected chi connectivity index (χ4v) is 4.09. The number of amides is 1. The SMILES string of the molecule is CCOC(=O)C1=NN(c2ccccc2)C(C(=O)Nc2cccc(Cn3nc4ccccn4c3=O)c2)C1. The summed E-state index contributed by atoms with van der Waals surface area (Å²) in [7, 11) is 0. The van der Waals surface area contributed by atoms with Gasteiger partial charge in [0.2, 0.25) is 5.91 Å². The molecule has 4 aromatic rings. The first-order chi connectivity index (χ1) is 17.5. The van der Waals surface area contributed by atoms with E-state index in [2.05, 4.69) is 15.5 Å². The molecule has 36 heavy (non-hydrogen) atoms. The Balaban J connectivity index is 1.35. The number of carbonyl (C=O) groups is 2. The highest BCUT2D eigenvalue weighted by atomic mass is 16.5. The molecule has 10 nitrogen and oxygen atoms in total. The fraction of sp³-hybridized carbons (Fsp3) is 0.192. The van der Waals surface area contributed by atoms with Crippen molar-refractivity contribution >= 4 is 34.6 Å². The first kappa shape index (κ1) is 23.0. The van der Waals surface area contributed by atoms with Crippen molar-refractivity contribution in [3.05, 3.63) is 95.0 Å². The van der Waals surface area contributed by atoms with Crippen molar-refractivity contribution in [2.24, 2.45) is 5.10 Å². The summed E-state index contributed by atoms with van der Waals surface area (Å²) in [6, 6.07) is 21.1. The number of fused-ring (bicyclic) bond motifs is 1. The van der Waals surface area contributed by atoms with Gasteiger partial charge in [0.05, 0.1) is 18.8 Å². The summed E-state index contributed by atoms with van der Waals surface area (Å²) in [6.45, 7) is 2.20. The number of carbonyl (C=O) groups excluding carboxylic acids is 2. The molecule has 2 aromatic heterocycles. The van der Waals surface area contributed by atoms with Gasteiger partial charge in [-0.3, -0.25) is 14.2 Å². The number of rotatable bonds is 7. The van der Waals surface area contributed by atoms with Crippen LogP contribution in [0.3, 0.4) is 0 Å². The minimum absolute atomic E-state index is 0.121. The highest BCUT2D eigenvalue weighted by Crippen LogP contribution is 2.26. The smallest absolute Gasteiger partial charge is 0.354 e. The number of nitrogens with zero attached hydrogens (tertiary/aromatic N) is 5. The molecule has 3 heterocycles.